The second-order valence-corrected chi connectivity index (χ2v) is 5.68. The first kappa shape index (κ1) is 14.4. The molecule has 1 heterocycles. The predicted octanol–water partition coefficient (Wildman–Crippen LogP) is 3.12. The summed E-state index contributed by atoms with van der Waals surface area (Å²) in [5, 5.41) is 3.01. The van der Waals surface area contributed by atoms with Gasteiger partial charge in [-0.3, -0.25) is 4.79 Å². The van der Waals surface area contributed by atoms with Crippen molar-refractivity contribution in [2.75, 3.05) is 0 Å². The summed E-state index contributed by atoms with van der Waals surface area (Å²) in [6.07, 6.45) is 2.94. The van der Waals surface area contributed by atoms with Crippen molar-refractivity contribution in [1.29, 1.82) is 0 Å². The second kappa shape index (κ2) is 5.19. The van der Waals surface area contributed by atoms with Crippen molar-refractivity contribution in [2.24, 2.45) is 5.41 Å². The van der Waals surface area contributed by atoms with E-state index in [1.165, 1.54) is 12.5 Å². The van der Waals surface area contributed by atoms with Crippen LogP contribution in [0.25, 0.3) is 0 Å². The molecule has 1 aromatic carbocycles. The van der Waals surface area contributed by atoms with Crippen LogP contribution in [0.15, 0.2) is 42.9 Å². The van der Waals surface area contributed by atoms with Crippen molar-refractivity contribution < 1.29 is 14.3 Å². The molecule has 1 N–H and O–H groups in total. The van der Waals surface area contributed by atoms with Gasteiger partial charge >= 0.3 is 0 Å². The topological polar surface area (TPSA) is 47.6 Å². The molecule has 1 aromatic rings. The van der Waals surface area contributed by atoms with Crippen LogP contribution in [0.4, 0.5) is 0 Å². The van der Waals surface area contributed by atoms with E-state index in [9.17, 15) is 4.79 Å². The Kier molecular flexibility index (Phi) is 3.75. The molecule has 0 bridgehead atoms. The Balaban J connectivity index is 2.08. The van der Waals surface area contributed by atoms with Crippen molar-refractivity contribution in [3.63, 3.8) is 0 Å². The van der Waals surface area contributed by atoms with Gasteiger partial charge in [0.15, 0.2) is 0 Å². The molecule has 0 saturated heterocycles. The Hall–Kier alpha value is -1.97. The highest BCUT2D eigenvalue weighted by Crippen LogP contribution is 2.39. The van der Waals surface area contributed by atoms with Gasteiger partial charge in [0.1, 0.15) is 17.9 Å². The zero-order valence-corrected chi connectivity index (χ0v) is 12.3. The standard InChI is InChI=1S/C16H21NO3/c1-12(13-8-6-5-7-9-13)17-14(18)15(2,3)16(4)19-10-11-20-16/h5-12H,1-4H3,(H,17,18)/t12-/m1/s1. The highest BCUT2D eigenvalue weighted by molar-refractivity contribution is 5.83. The number of benzene rings is 1. The minimum atomic E-state index is -0.979. The first-order chi connectivity index (χ1) is 9.37. The fraction of sp³-hybridized carbons (Fsp3) is 0.438. The molecule has 0 spiro atoms. The van der Waals surface area contributed by atoms with Crippen LogP contribution in [0.3, 0.4) is 0 Å². The molecule has 20 heavy (non-hydrogen) atoms. The van der Waals surface area contributed by atoms with Crippen molar-refractivity contribution in [3.05, 3.63) is 48.4 Å². The number of rotatable bonds is 4. The quantitative estimate of drug-likeness (QED) is 0.918. The summed E-state index contributed by atoms with van der Waals surface area (Å²) in [5.41, 5.74) is 0.243. The van der Waals surface area contributed by atoms with Gasteiger partial charge in [-0.15, -0.1) is 0 Å². The lowest BCUT2D eigenvalue weighted by molar-refractivity contribution is -0.204. The van der Waals surface area contributed by atoms with E-state index in [4.69, 9.17) is 9.47 Å². The summed E-state index contributed by atoms with van der Waals surface area (Å²) < 4.78 is 10.9. The van der Waals surface area contributed by atoms with Crippen LogP contribution in [0.5, 0.6) is 0 Å². The number of amides is 1. The summed E-state index contributed by atoms with van der Waals surface area (Å²) in [6.45, 7) is 7.35. The van der Waals surface area contributed by atoms with E-state index in [0.29, 0.717) is 0 Å². The van der Waals surface area contributed by atoms with Gasteiger partial charge in [-0.2, -0.15) is 0 Å². The van der Waals surface area contributed by atoms with Gasteiger partial charge in [-0.05, 0) is 26.3 Å². The van der Waals surface area contributed by atoms with Gasteiger partial charge in [0.2, 0.25) is 5.91 Å². The molecule has 108 valence electrons. The molecule has 0 unspecified atom stereocenters. The highest BCUT2D eigenvalue weighted by atomic mass is 16.7. The molecular formula is C16H21NO3. The molecule has 0 fully saturated rings. The van der Waals surface area contributed by atoms with Crippen molar-refractivity contribution in [2.45, 2.75) is 39.5 Å². The Morgan fingerprint density at radius 2 is 1.75 bits per heavy atom. The predicted molar refractivity (Wildman–Crippen MR) is 76.5 cm³/mol. The molecule has 0 aliphatic carbocycles. The molecule has 0 radical (unpaired) electrons. The van der Waals surface area contributed by atoms with Crippen molar-refractivity contribution >= 4 is 5.91 Å². The zero-order chi connectivity index (χ0) is 14.8. The first-order valence-electron chi connectivity index (χ1n) is 6.73. The molecule has 1 atom stereocenters. The molecule has 4 heteroatoms. The van der Waals surface area contributed by atoms with Crippen molar-refractivity contribution in [3.8, 4) is 0 Å². The number of nitrogens with one attached hydrogen (secondary N) is 1. The summed E-state index contributed by atoms with van der Waals surface area (Å²) in [6, 6.07) is 9.78. The molecule has 1 aliphatic rings. The lowest BCUT2D eigenvalue weighted by Crippen LogP contribution is -2.53. The molecular weight excluding hydrogens is 254 g/mol. The van der Waals surface area contributed by atoms with E-state index in [0.717, 1.165) is 5.56 Å². The largest absolute Gasteiger partial charge is 0.456 e. The van der Waals surface area contributed by atoms with E-state index < -0.39 is 11.2 Å². The van der Waals surface area contributed by atoms with Crippen LogP contribution < -0.4 is 5.32 Å². The monoisotopic (exact) mass is 275 g/mol. The maximum absolute atomic E-state index is 12.5. The van der Waals surface area contributed by atoms with Crippen LogP contribution in [0.1, 0.15) is 39.3 Å². The SMILES string of the molecule is C[C@@H](NC(=O)C(C)(C)C1(C)OC=CO1)c1ccccc1. The van der Waals surface area contributed by atoms with Crippen LogP contribution >= 0.6 is 0 Å². The van der Waals surface area contributed by atoms with E-state index in [1.807, 2.05) is 51.1 Å². The number of hydrogen-bond acceptors (Lipinski definition) is 3. The van der Waals surface area contributed by atoms with Crippen LogP contribution in [-0.2, 0) is 14.3 Å². The lowest BCUT2D eigenvalue weighted by Gasteiger charge is -2.38. The summed E-state index contributed by atoms with van der Waals surface area (Å²) in [5.74, 6) is -1.09. The van der Waals surface area contributed by atoms with E-state index in [1.54, 1.807) is 6.92 Å². The van der Waals surface area contributed by atoms with Gasteiger partial charge < -0.3 is 14.8 Å². The van der Waals surface area contributed by atoms with Gasteiger partial charge in [0.05, 0.1) is 6.04 Å². The number of carbonyl (C=O) groups is 1. The average molecular weight is 275 g/mol. The third-order valence-corrected chi connectivity index (χ3v) is 3.99. The highest BCUT2D eigenvalue weighted by Gasteiger charge is 2.52. The minimum Gasteiger partial charge on any atom is -0.456 e. The van der Waals surface area contributed by atoms with Crippen molar-refractivity contribution in [1.82, 2.24) is 5.32 Å². The third kappa shape index (κ3) is 2.50. The Labute approximate surface area is 119 Å². The summed E-state index contributed by atoms with van der Waals surface area (Å²) in [4.78, 5) is 12.5. The summed E-state index contributed by atoms with van der Waals surface area (Å²) >= 11 is 0. The van der Waals surface area contributed by atoms with Crippen LogP contribution in [0.2, 0.25) is 0 Å². The zero-order valence-electron chi connectivity index (χ0n) is 12.3. The van der Waals surface area contributed by atoms with Gasteiger partial charge in [0.25, 0.3) is 5.79 Å². The molecule has 2 rings (SSSR count). The minimum absolute atomic E-state index is 0.0686. The smallest absolute Gasteiger partial charge is 0.260 e. The fourth-order valence-corrected chi connectivity index (χ4v) is 2.05. The van der Waals surface area contributed by atoms with Gasteiger partial charge in [-0.25, -0.2) is 0 Å². The maximum atomic E-state index is 12.5. The van der Waals surface area contributed by atoms with Gasteiger partial charge in [-0.1, -0.05) is 30.3 Å². The van der Waals surface area contributed by atoms with E-state index >= 15 is 0 Å². The number of ether oxygens (including phenoxy) is 2. The Bertz CT molecular complexity index is 500. The van der Waals surface area contributed by atoms with Crippen LogP contribution in [0, 0.1) is 5.41 Å². The molecule has 1 amide bonds. The normalized spacial score (nSPS) is 18.0. The molecule has 4 nitrogen and oxygen atoms in total. The maximum Gasteiger partial charge on any atom is 0.260 e. The van der Waals surface area contributed by atoms with Crippen LogP contribution in [-0.4, -0.2) is 11.7 Å². The number of hydrogen-bond donors (Lipinski definition) is 1. The fourth-order valence-electron chi connectivity index (χ4n) is 2.05. The third-order valence-electron chi connectivity index (χ3n) is 3.99. The molecule has 0 saturated carbocycles. The molecule has 0 aromatic heterocycles. The Morgan fingerprint density at radius 3 is 2.30 bits per heavy atom. The molecule has 1 aliphatic heterocycles. The lowest BCUT2D eigenvalue weighted by atomic mass is 9.82. The Morgan fingerprint density at radius 1 is 1.20 bits per heavy atom. The van der Waals surface area contributed by atoms with E-state index in [-0.39, 0.29) is 11.9 Å². The first-order valence-corrected chi connectivity index (χ1v) is 6.73. The van der Waals surface area contributed by atoms with Gasteiger partial charge in [0, 0.05) is 6.92 Å². The average Bonchev–Trinajstić information content (AvgIpc) is 2.88. The number of carbonyl (C=O) groups excluding carboxylic acids is 1. The summed E-state index contributed by atoms with van der Waals surface area (Å²) in [7, 11) is 0. The van der Waals surface area contributed by atoms with E-state index in [2.05, 4.69) is 5.32 Å². The second-order valence-electron chi connectivity index (χ2n) is 5.68.